The molecule has 0 aromatic carbocycles. The Morgan fingerprint density at radius 3 is 2.24 bits per heavy atom. The summed E-state index contributed by atoms with van der Waals surface area (Å²) in [5.41, 5.74) is 0. The molecule has 0 aliphatic carbocycles. The number of amides is 1. The van der Waals surface area contributed by atoms with Crippen molar-refractivity contribution >= 4 is 15.7 Å². The second-order valence-corrected chi connectivity index (χ2v) is 6.86. The van der Waals surface area contributed by atoms with Gasteiger partial charge in [-0.1, -0.05) is 0 Å². The van der Waals surface area contributed by atoms with Gasteiger partial charge in [-0.3, -0.25) is 9.69 Å². The summed E-state index contributed by atoms with van der Waals surface area (Å²) in [5, 5.41) is 3.23. The van der Waals surface area contributed by atoms with Crippen molar-refractivity contribution in [2.24, 2.45) is 0 Å². The quantitative estimate of drug-likeness (QED) is 0.632. The van der Waals surface area contributed by atoms with Crippen LogP contribution in [0.25, 0.3) is 0 Å². The first-order chi connectivity index (χ1) is 8.07. The fourth-order valence-corrected chi connectivity index (χ4v) is 3.32. The average molecular weight is 261 g/mol. The second-order valence-electron chi connectivity index (χ2n) is 4.56. The molecule has 1 N–H and O–H groups in total. The van der Waals surface area contributed by atoms with Crippen LogP contribution in [0.1, 0.15) is 0 Å². The number of piperazine rings is 1. The van der Waals surface area contributed by atoms with Gasteiger partial charge in [0, 0.05) is 39.3 Å². The Morgan fingerprint density at radius 2 is 1.65 bits per heavy atom. The van der Waals surface area contributed by atoms with E-state index in [4.69, 9.17) is 0 Å². The summed E-state index contributed by atoms with van der Waals surface area (Å²) in [6, 6.07) is 0. The van der Waals surface area contributed by atoms with Gasteiger partial charge in [0.05, 0.1) is 18.1 Å². The number of hydrogen-bond acceptors (Lipinski definition) is 5. The third-order valence-electron chi connectivity index (χ3n) is 3.27. The minimum atomic E-state index is -2.90. The Balaban J connectivity index is 1.80. The zero-order valence-corrected chi connectivity index (χ0v) is 10.7. The zero-order valence-electron chi connectivity index (χ0n) is 9.89. The highest BCUT2D eigenvalue weighted by atomic mass is 32.2. The molecule has 0 atom stereocenters. The summed E-state index contributed by atoms with van der Waals surface area (Å²) in [5.74, 6) is 0.280. The topological polar surface area (TPSA) is 69.7 Å². The van der Waals surface area contributed by atoms with E-state index < -0.39 is 9.84 Å². The van der Waals surface area contributed by atoms with Gasteiger partial charge in [-0.05, 0) is 0 Å². The lowest BCUT2D eigenvalue weighted by atomic mass is 10.3. The Hall–Kier alpha value is -0.660. The van der Waals surface area contributed by atoms with Gasteiger partial charge < -0.3 is 10.2 Å². The maximum absolute atomic E-state index is 11.9. The third kappa shape index (κ3) is 3.65. The average Bonchev–Trinajstić information content (AvgIpc) is 2.30. The molecule has 0 radical (unpaired) electrons. The number of sulfone groups is 1. The molecule has 17 heavy (non-hydrogen) atoms. The monoisotopic (exact) mass is 261 g/mol. The Morgan fingerprint density at radius 1 is 1.06 bits per heavy atom. The van der Waals surface area contributed by atoms with Crippen LogP contribution in [0, 0.1) is 0 Å². The molecule has 2 rings (SSSR count). The molecule has 0 aromatic heterocycles. The molecule has 2 heterocycles. The molecular formula is C10H19N3O3S. The lowest BCUT2D eigenvalue weighted by Gasteiger charge is -2.31. The van der Waals surface area contributed by atoms with E-state index in [1.54, 1.807) is 4.90 Å². The van der Waals surface area contributed by atoms with Crippen LogP contribution in [0.15, 0.2) is 0 Å². The van der Waals surface area contributed by atoms with Crippen LogP contribution in [0.3, 0.4) is 0 Å². The summed E-state index contributed by atoms with van der Waals surface area (Å²) in [6.07, 6.45) is 0. The van der Waals surface area contributed by atoms with E-state index in [0.29, 0.717) is 19.6 Å². The predicted molar refractivity (Wildman–Crippen MR) is 64.5 cm³/mol. The molecule has 0 bridgehead atoms. The highest BCUT2D eigenvalue weighted by molar-refractivity contribution is 7.91. The molecule has 7 heteroatoms. The lowest BCUT2D eigenvalue weighted by Crippen LogP contribution is -2.51. The van der Waals surface area contributed by atoms with E-state index in [0.717, 1.165) is 26.2 Å². The number of rotatable bonds is 2. The van der Waals surface area contributed by atoms with Crippen molar-refractivity contribution in [3.63, 3.8) is 0 Å². The highest BCUT2D eigenvalue weighted by Crippen LogP contribution is 2.05. The molecule has 2 fully saturated rings. The molecule has 0 saturated carbocycles. The van der Waals surface area contributed by atoms with Crippen molar-refractivity contribution in [1.82, 2.24) is 15.1 Å². The molecule has 1 amide bonds. The zero-order chi connectivity index (χ0) is 12.3. The number of nitrogens with zero attached hydrogens (tertiary/aromatic N) is 2. The standard InChI is InChI=1S/C10H19N3O3S/c14-10(9-12-3-1-11-2-4-12)13-5-7-17(15,16)8-6-13/h11H,1-9H2. The van der Waals surface area contributed by atoms with Crippen molar-refractivity contribution in [3.8, 4) is 0 Å². The van der Waals surface area contributed by atoms with E-state index in [-0.39, 0.29) is 17.4 Å². The molecule has 2 aliphatic rings. The molecule has 0 aromatic rings. The van der Waals surface area contributed by atoms with Crippen molar-refractivity contribution in [1.29, 1.82) is 0 Å². The van der Waals surface area contributed by atoms with Crippen LogP contribution in [-0.2, 0) is 14.6 Å². The fourth-order valence-electron chi connectivity index (χ4n) is 2.12. The van der Waals surface area contributed by atoms with E-state index in [1.165, 1.54) is 0 Å². The van der Waals surface area contributed by atoms with Gasteiger partial charge in [0.15, 0.2) is 9.84 Å². The van der Waals surface area contributed by atoms with E-state index in [1.807, 2.05) is 0 Å². The van der Waals surface area contributed by atoms with Gasteiger partial charge in [0.2, 0.25) is 5.91 Å². The predicted octanol–water partition coefficient (Wildman–Crippen LogP) is -1.85. The van der Waals surface area contributed by atoms with Gasteiger partial charge in [0.1, 0.15) is 0 Å². The summed E-state index contributed by atoms with van der Waals surface area (Å²) in [7, 11) is -2.90. The van der Waals surface area contributed by atoms with Crippen LogP contribution in [0.2, 0.25) is 0 Å². The summed E-state index contributed by atoms with van der Waals surface area (Å²) >= 11 is 0. The van der Waals surface area contributed by atoms with Crippen molar-refractivity contribution < 1.29 is 13.2 Å². The normalized spacial score (nSPS) is 25.8. The first kappa shape index (κ1) is 12.8. The number of carbonyl (C=O) groups excluding carboxylic acids is 1. The maximum Gasteiger partial charge on any atom is 0.236 e. The van der Waals surface area contributed by atoms with Crippen LogP contribution in [0.5, 0.6) is 0 Å². The maximum atomic E-state index is 11.9. The molecule has 6 nitrogen and oxygen atoms in total. The van der Waals surface area contributed by atoms with E-state index in [2.05, 4.69) is 10.2 Å². The Kier molecular flexibility index (Phi) is 4.01. The molecule has 2 saturated heterocycles. The van der Waals surface area contributed by atoms with Gasteiger partial charge in [-0.2, -0.15) is 0 Å². The molecule has 2 aliphatic heterocycles. The molecule has 98 valence electrons. The van der Waals surface area contributed by atoms with Gasteiger partial charge in [-0.15, -0.1) is 0 Å². The van der Waals surface area contributed by atoms with Crippen LogP contribution >= 0.6 is 0 Å². The largest absolute Gasteiger partial charge is 0.340 e. The SMILES string of the molecule is O=C(CN1CCNCC1)N1CCS(=O)(=O)CC1. The minimum absolute atomic E-state index is 0.0572. The van der Waals surface area contributed by atoms with Crippen molar-refractivity contribution in [2.75, 3.05) is 57.3 Å². The third-order valence-corrected chi connectivity index (χ3v) is 4.87. The molecular weight excluding hydrogens is 242 g/mol. The smallest absolute Gasteiger partial charge is 0.236 e. The van der Waals surface area contributed by atoms with Crippen LogP contribution in [0.4, 0.5) is 0 Å². The highest BCUT2D eigenvalue weighted by Gasteiger charge is 2.26. The first-order valence-corrected chi connectivity index (χ1v) is 7.80. The van der Waals surface area contributed by atoms with Crippen LogP contribution in [-0.4, -0.2) is 81.4 Å². The summed E-state index contributed by atoms with van der Waals surface area (Å²) in [6.45, 7) is 4.74. The summed E-state index contributed by atoms with van der Waals surface area (Å²) in [4.78, 5) is 15.7. The number of hydrogen-bond donors (Lipinski definition) is 1. The van der Waals surface area contributed by atoms with Gasteiger partial charge >= 0.3 is 0 Å². The fraction of sp³-hybridized carbons (Fsp3) is 0.900. The first-order valence-electron chi connectivity index (χ1n) is 5.98. The van der Waals surface area contributed by atoms with Crippen LogP contribution < -0.4 is 5.32 Å². The number of nitrogens with one attached hydrogen (secondary N) is 1. The van der Waals surface area contributed by atoms with E-state index >= 15 is 0 Å². The molecule has 0 unspecified atom stereocenters. The molecule has 0 spiro atoms. The minimum Gasteiger partial charge on any atom is -0.340 e. The number of carbonyl (C=O) groups is 1. The Labute approximate surface area is 102 Å². The second kappa shape index (κ2) is 5.32. The van der Waals surface area contributed by atoms with Gasteiger partial charge in [0.25, 0.3) is 0 Å². The van der Waals surface area contributed by atoms with Crippen molar-refractivity contribution in [2.45, 2.75) is 0 Å². The lowest BCUT2D eigenvalue weighted by molar-refractivity contribution is -0.132. The van der Waals surface area contributed by atoms with Gasteiger partial charge in [-0.25, -0.2) is 8.42 Å². The Bertz CT molecular complexity index is 362. The van der Waals surface area contributed by atoms with Crippen molar-refractivity contribution in [3.05, 3.63) is 0 Å². The van der Waals surface area contributed by atoms with E-state index in [9.17, 15) is 13.2 Å². The summed E-state index contributed by atoms with van der Waals surface area (Å²) < 4.78 is 22.5.